The smallest absolute Gasteiger partial charge is 0.272 e. The molecule has 0 aliphatic carbocycles. The minimum absolute atomic E-state index is 0.0342. The van der Waals surface area contributed by atoms with E-state index in [0.29, 0.717) is 34.4 Å². The largest absolute Gasteiger partial charge is 0.294 e. The van der Waals surface area contributed by atoms with Crippen LogP contribution in [-0.2, 0) is 6.42 Å². The first-order valence-corrected chi connectivity index (χ1v) is 8.60. The van der Waals surface area contributed by atoms with Gasteiger partial charge in [0.15, 0.2) is 5.78 Å². The van der Waals surface area contributed by atoms with Gasteiger partial charge in [0.2, 0.25) is 0 Å². The summed E-state index contributed by atoms with van der Waals surface area (Å²) in [5.41, 5.74) is 3.45. The molecule has 0 saturated carbocycles. The molecule has 0 bridgehead atoms. The Morgan fingerprint density at radius 3 is 2.56 bits per heavy atom. The van der Waals surface area contributed by atoms with Crippen molar-refractivity contribution in [3.05, 3.63) is 74.3 Å². The minimum atomic E-state index is -0.407. The number of ketones is 1. The minimum Gasteiger partial charge on any atom is -0.294 e. The monoisotopic (exact) mass is 361 g/mol. The molecular weight excluding hydrogens is 342 g/mol. The summed E-state index contributed by atoms with van der Waals surface area (Å²) in [5.74, 6) is -0.134. The van der Waals surface area contributed by atoms with Crippen LogP contribution in [0.2, 0.25) is 0 Å². The van der Waals surface area contributed by atoms with E-state index in [0.717, 1.165) is 5.56 Å². The van der Waals surface area contributed by atoms with Gasteiger partial charge >= 0.3 is 0 Å². The number of nitro benzene ring substituents is 1. The van der Waals surface area contributed by atoms with Gasteiger partial charge in [0, 0.05) is 22.8 Å². The molecule has 27 heavy (non-hydrogen) atoms. The number of benzene rings is 2. The molecule has 0 atom stereocenters. The van der Waals surface area contributed by atoms with Crippen molar-refractivity contribution in [3.63, 3.8) is 0 Å². The molecule has 6 heteroatoms. The first kappa shape index (κ1) is 18.5. The van der Waals surface area contributed by atoms with Gasteiger partial charge in [-0.3, -0.25) is 19.9 Å². The van der Waals surface area contributed by atoms with Gasteiger partial charge in [0.25, 0.3) is 5.69 Å². The maximum atomic E-state index is 12.7. The van der Waals surface area contributed by atoms with Crippen molar-refractivity contribution >= 4 is 17.2 Å². The van der Waals surface area contributed by atoms with Crippen molar-refractivity contribution in [1.82, 2.24) is 0 Å². The van der Waals surface area contributed by atoms with E-state index in [9.17, 15) is 14.9 Å². The molecule has 0 aromatic heterocycles. The fourth-order valence-electron chi connectivity index (χ4n) is 3.42. The molecule has 0 amide bonds. The molecule has 0 unspecified atom stereocenters. The predicted octanol–water partition coefficient (Wildman–Crippen LogP) is 4.17. The zero-order valence-electron chi connectivity index (χ0n) is 15.4. The Balaban J connectivity index is 2.00. The van der Waals surface area contributed by atoms with E-state index in [1.807, 2.05) is 26.0 Å². The van der Waals surface area contributed by atoms with Crippen molar-refractivity contribution in [2.24, 2.45) is 4.99 Å². The third kappa shape index (κ3) is 3.77. The third-order valence-electron chi connectivity index (χ3n) is 4.65. The molecule has 6 nitrogen and oxygen atoms in total. The second kappa shape index (κ2) is 6.76. The van der Waals surface area contributed by atoms with Crippen LogP contribution in [0.15, 0.2) is 41.4 Å². The summed E-state index contributed by atoms with van der Waals surface area (Å²) < 4.78 is 0. The van der Waals surface area contributed by atoms with Crippen molar-refractivity contribution < 1.29 is 9.72 Å². The summed E-state index contributed by atoms with van der Waals surface area (Å²) in [7, 11) is 0. The number of nitrogens with zero attached hydrogens (tertiary/aromatic N) is 3. The van der Waals surface area contributed by atoms with E-state index in [2.05, 4.69) is 0 Å². The zero-order chi connectivity index (χ0) is 19.8. The Kier molecular flexibility index (Phi) is 4.63. The molecule has 0 spiro atoms. The highest BCUT2D eigenvalue weighted by molar-refractivity contribution is 6.17. The lowest BCUT2D eigenvalue weighted by Gasteiger charge is -2.29. The van der Waals surface area contributed by atoms with E-state index in [-0.39, 0.29) is 23.4 Å². The Bertz CT molecular complexity index is 1010. The van der Waals surface area contributed by atoms with Crippen LogP contribution >= 0.6 is 0 Å². The molecular formula is C21H19N3O3. The first-order chi connectivity index (χ1) is 12.7. The fourth-order valence-corrected chi connectivity index (χ4v) is 3.42. The standard InChI is InChI=1S/C21H19N3O3/c1-13-8-16-11-21(2,3)23-18(17(16)9-19(13)24(26)27)10-20(25)15-6-4-14(12-22)5-7-15/h4-9H,10-11H2,1-3H3. The summed E-state index contributed by atoms with van der Waals surface area (Å²) in [6, 6.07) is 11.8. The molecule has 2 aromatic rings. The second-order valence-corrected chi connectivity index (χ2v) is 7.39. The van der Waals surface area contributed by atoms with Crippen LogP contribution in [0.3, 0.4) is 0 Å². The number of hydrogen-bond donors (Lipinski definition) is 0. The Morgan fingerprint density at radius 2 is 1.96 bits per heavy atom. The van der Waals surface area contributed by atoms with Gasteiger partial charge in [0.1, 0.15) is 0 Å². The number of fused-ring (bicyclic) bond motifs is 1. The average molecular weight is 361 g/mol. The summed E-state index contributed by atoms with van der Waals surface area (Å²) in [4.78, 5) is 28.3. The highest BCUT2D eigenvalue weighted by Gasteiger charge is 2.30. The van der Waals surface area contributed by atoms with Gasteiger partial charge in [-0.25, -0.2) is 0 Å². The molecule has 3 rings (SSSR count). The maximum Gasteiger partial charge on any atom is 0.272 e. The third-order valence-corrected chi connectivity index (χ3v) is 4.65. The van der Waals surface area contributed by atoms with E-state index in [4.69, 9.17) is 10.3 Å². The van der Waals surface area contributed by atoms with Crippen LogP contribution in [0.4, 0.5) is 5.69 Å². The van der Waals surface area contributed by atoms with Crippen LogP contribution in [0, 0.1) is 28.4 Å². The lowest BCUT2D eigenvalue weighted by Crippen LogP contribution is -2.30. The van der Waals surface area contributed by atoms with Crippen molar-refractivity contribution in [3.8, 4) is 6.07 Å². The van der Waals surface area contributed by atoms with Crippen molar-refractivity contribution in [2.75, 3.05) is 0 Å². The number of nitro groups is 1. The molecule has 1 heterocycles. The highest BCUT2D eigenvalue weighted by atomic mass is 16.6. The zero-order valence-corrected chi connectivity index (χ0v) is 15.4. The normalized spacial score (nSPS) is 14.7. The van der Waals surface area contributed by atoms with Crippen LogP contribution < -0.4 is 0 Å². The lowest BCUT2D eigenvalue weighted by molar-refractivity contribution is -0.385. The van der Waals surface area contributed by atoms with E-state index in [1.165, 1.54) is 6.07 Å². The summed E-state index contributed by atoms with van der Waals surface area (Å²) in [6.45, 7) is 5.69. The van der Waals surface area contributed by atoms with Gasteiger partial charge in [-0.1, -0.05) is 12.1 Å². The van der Waals surface area contributed by atoms with Crippen molar-refractivity contribution in [2.45, 2.75) is 39.2 Å². The average Bonchev–Trinajstić information content (AvgIpc) is 2.60. The first-order valence-electron chi connectivity index (χ1n) is 8.60. The number of nitriles is 1. The number of carbonyl (C=O) groups excluding carboxylic acids is 1. The SMILES string of the molecule is Cc1cc2c(cc1[N+](=O)[O-])C(CC(=O)c1ccc(C#N)cc1)=NC(C)(C)C2. The van der Waals surface area contributed by atoms with Gasteiger partial charge in [0.05, 0.1) is 34.2 Å². The summed E-state index contributed by atoms with van der Waals surface area (Å²) in [6.07, 6.45) is 0.721. The molecule has 136 valence electrons. The van der Waals surface area contributed by atoms with Crippen LogP contribution in [0.25, 0.3) is 0 Å². The predicted molar refractivity (Wildman–Crippen MR) is 102 cm³/mol. The Morgan fingerprint density at radius 1 is 1.30 bits per heavy atom. The number of Topliss-reactive ketones (excluding diaryl/α,β-unsaturated/α-hetero) is 1. The second-order valence-electron chi connectivity index (χ2n) is 7.39. The Hall–Kier alpha value is -3.33. The van der Waals surface area contributed by atoms with E-state index in [1.54, 1.807) is 31.2 Å². The maximum absolute atomic E-state index is 12.7. The summed E-state index contributed by atoms with van der Waals surface area (Å²) in [5, 5.41) is 20.2. The van der Waals surface area contributed by atoms with Gasteiger partial charge in [-0.15, -0.1) is 0 Å². The van der Waals surface area contributed by atoms with Crippen LogP contribution in [0.1, 0.15) is 52.9 Å². The highest BCUT2D eigenvalue weighted by Crippen LogP contribution is 2.32. The number of hydrogen-bond acceptors (Lipinski definition) is 5. The Labute approximate surface area is 157 Å². The number of aryl methyl sites for hydroxylation is 1. The van der Waals surface area contributed by atoms with Crippen molar-refractivity contribution in [1.29, 1.82) is 5.26 Å². The molecule has 2 aromatic carbocycles. The van der Waals surface area contributed by atoms with E-state index >= 15 is 0 Å². The topological polar surface area (TPSA) is 96.4 Å². The molecule has 0 fully saturated rings. The quantitative estimate of drug-likeness (QED) is 0.464. The van der Waals surface area contributed by atoms with Gasteiger partial charge in [-0.2, -0.15) is 5.26 Å². The molecule has 0 N–H and O–H groups in total. The van der Waals surface area contributed by atoms with Crippen LogP contribution in [-0.4, -0.2) is 22.0 Å². The molecule has 0 saturated heterocycles. The number of aliphatic imine (C=N–C) groups is 1. The van der Waals surface area contributed by atoms with E-state index < -0.39 is 4.92 Å². The van der Waals surface area contributed by atoms with Gasteiger partial charge < -0.3 is 0 Å². The summed E-state index contributed by atoms with van der Waals surface area (Å²) >= 11 is 0. The lowest BCUT2D eigenvalue weighted by atomic mass is 9.84. The number of rotatable bonds is 4. The molecule has 1 aliphatic rings. The van der Waals surface area contributed by atoms with Crippen LogP contribution in [0.5, 0.6) is 0 Å². The molecule has 0 radical (unpaired) electrons. The molecule has 1 aliphatic heterocycles. The number of carbonyl (C=O) groups is 1. The fraction of sp³-hybridized carbons (Fsp3) is 0.286. The van der Waals surface area contributed by atoms with Gasteiger partial charge in [-0.05, 0) is 51.0 Å².